The van der Waals surface area contributed by atoms with Crippen molar-refractivity contribution >= 4 is 5.78 Å². The van der Waals surface area contributed by atoms with Crippen LogP contribution >= 0.6 is 0 Å². The molecule has 0 aliphatic heterocycles. The molecule has 4 saturated carbocycles. The van der Waals surface area contributed by atoms with E-state index >= 15 is 0 Å². The van der Waals surface area contributed by atoms with Crippen LogP contribution in [0.4, 0.5) is 0 Å². The number of carbonyl (C=O) groups excluding carboxylic acids is 1. The van der Waals surface area contributed by atoms with Crippen LogP contribution in [0.1, 0.15) is 70.6 Å². The summed E-state index contributed by atoms with van der Waals surface area (Å²) in [6, 6.07) is 0. The van der Waals surface area contributed by atoms with Crippen molar-refractivity contribution in [3.8, 4) is 0 Å². The lowest BCUT2D eigenvalue weighted by Gasteiger charge is -2.34. The lowest BCUT2D eigenvalue weighted by molar-refractivity contribution is -0.132. The molecule has 0 saturated heterocycles. The highest BCUT2D eigenvalue weighted by Crippen LogP contribution is 2.58. The molecule has 1 atom stereocenters. The lowest BCUT2D eigenvalue weighted by atomic mass is 9.72. The van der Waals surface area contributed by atoms with Gasteiger partial charge in [-0.3, -0.25) is 4.79 Å². The topological polar surface area (TPSA) is 37.3 Å². The summed E-state index contributed by atoms with van der Waals surface area (Å²) in [5.41, 5.74) is 0.131. The van der Waals surface area contributed by atoms with Crippen LogP contribution < -0.4 is 0 Å². The molecule has 106 valence electrons. The van der Waals surface area contributed by atoms with Crippen LogP contribution in [0.15, 0.2) is 0 Å². The van der Waals surface area contributed by atoms with Gasteiger partial charge in [0.15, 0.2) is 0 Å². The van der Waals surface area contributed by atoms with Gasteiger partial charge in [0.05, 0.1) is 6.10 Å². The summed E-state index contributed by atoms with van der Waals surface area (Å²) in [5.74, 6) is 2.08. The van der Waals surface area contributed by atoms with E-state index in [2.05, 4.69) is 0 Å². The fraction of sp³-hybridized carbons (Fsp3) is 0.941. The van der Waals surface area contributed by atoms with E-state index in [1.807, 2.05) is 0 Å². The van der Waals surface area contributed by atoms with E-state index in [0.717, 1.165) is 31.1 Å². The van der Waals surface area contributed by atoms with Gasteiger partial charge in [-0.2, -0.15) is 0 Å². The molecular weight excluding hydrogens is 236 g/mol. The van der Waals surface area contributed by atoms with E-state index < -0.39 is 0 Å². The second kappa shape index (κ2) is 4.07. The van der Waals surface area contributed by atoms with Gasteiger partial charge in [-0.15, -0.1) is 0 Å². The van der Waals surface area contributed by atoms with Gasteiger partial charge in [0.1, 0.15) is 5.78 Å². The summed E-state index contributed by atoms with van der Waals surface area (Å²) in [6.45, 7) is 0. The summed E-state index contributed by atoms with van der Waals surface area (Å²) in [7, 11) is 0. The van der Waals surface area contributed by atoms with Gasteiger partial charge in [0.25, 0.3) is 0 Å². The predicted molar refractivity (Wildman–Crippen MR) is 73.6 cm³/mol. The summed E-state index contributed by atoms with van der Waals surface area (Å²) in [5, 5.41) is 10.7. The van der Waals surface area contributed by atoms with Crippen molar-refractivity contribution in [2.45, 2.75) is 76.7 Å². The standard InChI is InChI=1S/C17H26O2/c18-14(16-5-1-12(10-16)2-6-16)9-15(19)17-7-3-13(11-17)4-8-17/h12-14,18H,1-11H2. The Morgan fingerprint density at radius 2 is 1.58 bits per heavy atom. The minimum atomic E-state index is -0.346. The zero-order valence-electron chi connectivity index (χ0n) is 11.9. The van der Waals surface area contributed by atoms with E-state index in [1.165, 1.54) is 44.9 Å². The van der Waals surface area contributed by atoms with Gasteiger partial charge in [-0.05, 0) is 81.5 Å². The molecule has 4 rings (SSSR count). The number of rotatable bonds is 4. The Bertz CT molecular complexity index is 384. The Labute approximate surface area is 116 Å². The van der Waals surface area contributed by atoms with Crippen LogP contribution in [-0.4, -0.2) is 17.0 Å². The first kappa shape index (κ1) is 12.4. The van der Waals surface area contributed by atoms with Crippen LogP contribution in [0.2, 0.25) is 0 Å². The van der Waals surface area contributed by atoms with Gasteiger partial charge in [0, 0.05) is 11.8 Å². The minimum Gasteiger partial charge on any atom is -0.392 e. The number of Topliss-reactive ketones (excluding diaryl/α,β-unsaturated/α-hetero) is 1. The molecule has 0 amide bonds. The number of ketones is 1. The Morgan fingerprint density at radius 3 is 2.05 bits per heavy atom. The van der Waals surface area contributed by atoms with Crippen LogP contribution in [0.5, 0.6) is 0 Å². The second-order valence-electron chi connectivity index (χ2n) is 8.08. The van der Waals surface area contributed by atoms with Crippen molar-refractivity contribution in [1.29, 1.82) is 0 Å². The van der Waals surface area contributed by atoms with Crippen molar-refractivity contribution in [2.75, 3.05) is 0 Å². The molecule has 2 heteroatoms. The van der Waals surface area contributed by atoms with Crippen molar-refractivity contribution in [1.82, 2.24) is 0 Å². The predicted octanol–water partition coefficient (Wildman–Crippen LogP) is 3.47. The first-order valence-electron chi connectivity index (χ1n) is 8.33. The Balaban J connectivity index is 1.45. The minimum absolute atomic E-state index is 0.00109. The molecule has 0 radical (unpaired) electrons. The fourth-order valence-corrected chi connectivity index (χ4v) is 5.90. The van der Waals surface area contributed by atoms with Crippen molar-refractivity contribution in [2.24, 2.45) is 22.7 Å². The average Bonchev–Trinajstić information content (AvgIpc) is 3.19. The average molecular weight is 262 g/mol. The number of fused-ring (bicyclic) bond motifs is 4. The third kappa shape index (κ3) is 1.75. The first-order valence-corrected chi connectivity index (χ1v) is 8.33. The van der Waals surface area contributed by atoms with E-state index in [-0.39, 0.29) is 16.9 Å². The van der Waals surface area contributed by atoms with Gasteiger partial charge < -0.3 is 5.11 Å². The number of aliphatic hydroxyl groups is 1. The monoisotopic (exact) mass is 262 g/mol. The van der Waals surface area contributed by atoms with Gasteiger partial charge in [-0.1, -0.05) is 0 Å². The van der Waals surface area contributed by atoms with E-state index in [4.69, 9.17) is 0 Å². The number of hydrogen-bond acceptors (Lipinski definition) is 2. The Morgan fingerprint density at radius 1 is 1.00 bits per heavy atom. The van der Waals surface area contributed by atoms with Crippen LogP contribution in [0, 0.1) is 22.7 Å². The molecule has 2 nitrogen and oxygen atoms in total. The molecule has 0 heterocycles. The zero-order chi connectivity index (χ0) is 13.1. The third-order valence-electron chi connectivity index (χ3n) is 7.21. The van der Waals surface area contributed by atoms with E-state index in [0.29, 0.717) is 12.2 Å². The summed E-state index contributed by atoms with van der Waals surface area (Å²) >= 11 is 0. The Hall–Kier alpha value is -0.370. The van der Waals surface area contributed by atoms with Crippen LogP contribution in [-0.2, 0) is 4.79 Å². The summed E-state index contributed by atoms with van der Waals surface area (Å²) < 4.78 is 0. The van der Waals surface area contributed by atoms with E-state index in [9.17, 15) is 9.90 Å². The zero-order valence-corrected chi connectivity index (χ0v) is 11.9. The van der Waals surface area contributed by atoms with Crippen molar-refractivity contribution < 1.29 is 9.90 Å². The third-order valence-corrected chi connectivity index (χ3v) is 7.21. The molecule has 0 aromatic carbocycles. The van der Waals surface area contributed by atoms with Crippen LogP contribution in [0.3, 0.4) is 0 Å². The fourth-order valence-electron chi connectivity index (χ4n) is 5.90. The van der Waals surface area contributed by atoms with E-state index in [1.54, 1.807) is 0 Å². The largest absolute Gasteiger partial charge is 0.392 e. The summed E-state index contributed by atoms with van der Waals surface area (Å²) in [6.07, 6.45) is 12.1. The molecule has 0 aromatic rings. The molecule has 4 aliphatic rings. The molecule has 1 N–H and O–H groups in total. The summed E-state index contributed by atoms with van der Waals surface area (Å²) in [4.78, 5) is 12.7. The highest BCUT2D eigenvalue weighted by atomic mass is 16.3. The molecule has 1 unspecified atom stereocenters. The molecule has 0 aromatic heterocycles. The number of carbonyl (C=O) groups is 1. The van der Waals surface area contributed by atoms with Crippen molar-refractivity contribution in [3.05, 3.63) is 0 Å². The number of hydrogen-bond donors (Lipinski definition) is 1. The Kier molecular flexibility index (Phi) is 2.65. The quantitative estimate of drug-likeness (QED) is 0.842. The van der Waals surface area contributed by atoms with Crippen LogP contribution in [0.25, 0.3) is 0 Å². The molecule has 4 aliphatic carbocycles. The first-order chi connectivity index (χ1) is 9.12. The normalized spacial score (nSPS) is 48.9. The van der Waals surface area contributed by atoms with Gasteiger partial charge in [0.2, 0.25) is 0 Å². The highest BCUT2D eigenvalue weighted by molar-refractivity contribution is 5.86. The van der Waals surface area contributed by atoms with Crippen molar-refractivity contribution in [3.63, 3.8) is 0 Å². The second-order valence-corrected chi connectivity index (χ2v) is 8.08. The number of aliphatic hydroxyl groups excluding tert-OH is 1. The molecule has 0 spiro atoms. The smallest absolute Gasteiger partial charge is 0.141 e. The molecule has 4 bridgehead atoms. The molecule has 4 fully saturated rings. The maximum absolute atomic E-state index is 12.7. The maximum Gasteiger partial charge on any atom is 0.141 e. The lowest BCUT2D eigenvalue weighted by Crippen LogP contribution is -2.37. The molecular formula is C17H26O2. The molecule has 19 heavy (non-hydrogen) atoms. The maximum atomic E-state index is 12.7. The van der Waals surface area contributed by atoms with Gasteiger partial charge >= 0.3 is 0 Å². The SMILES string of the molecule is O=C(CC(O)C12CCC(CC1)C2)C12CCC(CC1)C2. The van der Waals surface area contributed by atoms with Gasteiger partial charge in [-0.25, -0.2) is 0 Å². The highest BCUT2D eigenvalue weighted by Gasteiger charge is 2.53.